The van der Waals surface area contributed by atoms with Crippen molar-refractivity contribution >= 4 is 23.6 Å². The molecule has 0 aromatic heterocycles. The van der Waals surface area contributed by atoms with Gasteiger partial charge < -0.3 is 15.7 Å². The molecule has 3 atom stereocenters. The van der Waals surface area contributed by atoms with Crippen molar-refractivity contribution in [2.75, 3.05) is 6.54 Å². The van der Waals surface area contributed by atoms with Crippen molar-refractivity contribution in [3.63, 3.8) is 0 Å². The van der Waals surface area contributed by atoms with Gasteiger partial charge in [0.1, 0.15) is 0 Å². The van der Waals surface area contributed by atoms with Crippen LogP contribution in [0.5, 0.6) is 0 Å². The maximum Gasteiger partial charge on any atom is 0.331 e. The summed E-state index contributed by atoms with van der Waals surface area (Å²) in [5.74, 6) is -0.00785. The molecule has 5 nitrogen and oxygen atoms in total. The quantitative estimate of drug-likeness (QED) is 0.781. The average molecular weight is 297 g/mol. The maximum atomic E-state index is 11.8. The summed E-state index contributed by atoms with van der Waals surface area (Å²) in [5, 5.41) is 14.7. The lowest BCUT2D eigenvalue weighted by atomic mass is 10.1. The van der Waals surface area contributed by atoms with Gasteiger partial charge in [-0.05, 0) is 24.3 Å². The fourth-order valence-electron chi connectivity index (χ4n) is 2.07. The first-order valence-electron chi connectivity index (χ1n) is 6.50. The molecule has 1 aromatic rings. The van der Waals surface area contributed by atoms with Gasteiger partial charge in [0.05, 0.1) is 0 Å². The molecule has 2 amide bonds. The summed E-state index contributed by atoms with van der Waals surface area (Å²) in [5.41, 5.74) is 0.372. The lowest BCUT2D eigenvalue weighted by molar-refractivity contribution is -0.139. The van der Waals surface area contributed by atoms with Gasteiger partial charge in [0, 0.05) is 17.1 Å². The number of rotatable bonds is 5. The molecule has 0 bridgehead atoms. The number of carbonyl (C=O) groups is 2. The summed E-state index contributed by atoms with van der Waals surface area (Å²) >= 11 is 5.97. The first-order valence-corrected chi connectivity index (χ1v) is 6.88. The van der Waals surface area contributed by atoms with E-state index in [0.29, 0.717) is 29.0 Å². The van der Waals surface area contributed by atoms with Gasteiger partial charge in [-0.3, -0.25) is 0 Å². The summed E-state index contributed by atoms with van der Waals surface area (Å²) in [7, 11) is 0. The van der Waals surface area contributed by atoms with Crippen molar-refractivity contribution in [2.45, 2.75) is 19.4 Å². The Bertz CT molecular complexity index is 521. The standard InChI is InChI=1S/C14H17ClN2O3/c1-8-6-9(8)7-16-14(20)17-12(13(18)19)10-4-2-3-5-11(10)15/h2-5,8-9,12H,6-7H2,1H3,(H,18,19)(H2,16,17,20)/t8?,9?,12-/m1/s1. The molecule has 3 N–H and O–H groups in total. The molecule has 1 aliphatic rings. The number of benzene rings is 1. The molecule has 0 saturated heterocycles. The highest BCUT2D eigenvalue weighted by molar-refractivity contribution is 6.31. The van der Waals surface area contributed by atoms with Crippen molar-refractivity contribution in [1.82, 2.24) is 10.6 Å². The van der Waals surface area contributed by atoms with E-state index in [-0.39, 0.29) is 0 Å². The number of carboxylic acids is 1. The van der Waals surface area contributed by atoms with Crippen LogP contribution in [0.15, 0.2) is 24.3 Å². The predicted octanol–water partition coefficient (Wildman–Crippen LogP) is 2.42. The molecule has 1 saturated carbocycles. The number of halogens is 1. The van der Waals surface area contributed by atoms with E-state index in [9.17, 15) is 14.7 Å². The average Bonchev–Trinajstić information content (AvgIpc) is 3.10. The van der Waals surface area contributed by atoms with E-state index in [1.807, 2.05) is 0 Å². The van der Waals surface area contributed by atoms with Crippen molar-refractivity contribution < 1.29 is 14.7 Å². The molecule has 0 heterocycles. The van der Waals surface area contributed by atoms with Crippen LogP contribution in [-0.4, -0.2) is 23.7 Å². The van der Waals surface area contributed by atoms with Crippen LogP contribution in [-0.2, 0) is 4.79 Å². The molecule has 20 heavy (non-hydrogen) atoms. The Kier molecular flexibility index (Phi) is 4.49. The third-order valence-corrected chi connectivity index (χ3v) is 3.88. The Morgan fingerprint density at radius 2 is 2.10 bits per heavy atom. The molecule has 1 aliphatic carbocycles. The Morgan fingerprint density at radius 3 is 2.65 bits per heavy atom. The largest absolute Gasteiger partial charge is 0.479 e. The van der Waals surface area contributed by atoms with E-state index < -0.39 is 18.0 Å². The fourth-order valence-corrected chi connectivity index (χ4v) is 2.32. The molecule has 1 aromatic carbocycles. The topological polar surface area (TPSA) is 78.4 Å². The minimum Gasteiger partial charge on any atom is -0.479 e. The highest BCUT2D eigenvalue weighted by Gasteiger charge is 2.33. The van der Waals surface area contributed by atoms with Gasteiger partial charge in [0.15, 0.2) is 6.04 Å². The second-order valence-corrected chi connectivity index (χ2v) is 5.53. The highest BCUT2D eigenvalue weighted by Crippen LogP contribution is 2.36. The second-order valence-electron chi connectivity index (χ2n) is 5.12. The van der Waals surface area contributed by atoms with Gasteiger partial charge in [-0.15, -0.1) is 0 Å². The first kappa shape index (κ1) is 14.7. The van der Waals surface area contributed by atoms with Crippen LogP contribution in [0.2, 0.25) is 5.02 Å². The van der Waals surface area contributed by atoms with Gasteiger partial charge in [0.2, 0.25) is 0 Å². The summed E-state index contributed by atoms with van der Waals surface area (Å²) in [6, 6.07) is 4.93. The summed E-state index contributed by atoms with van der Waals surface area (Å²) in [4.78, 5) is 23.0. The van der Waals surface area contributed by atoms with Crippen LogP contribution < -0.4 is 10.6 Å². The first-order chi connectivity index (χ1) is 9.49. The Balaban J connectivity index is 1.97. The number of carboxylic acid groups (broad SMARTS) is 1. The molecular weight excluding hydrogens is 280 g/mol. The van der Waals surface area contributed by atoms with Crippen LogP contribution in [0.4, 0.5) is 4.79 Å². The number of amides is 2. The number of hydrogen-bond acceptors (Lipinski definition) is 2. The molecular formula is C14H17ClN2O3. The third kappa shape index (κ3) is 3.63. The zero-order chi connectivity index (χ0) is 14.7. The Morgan fingerprint density at radius 1 is 1.45 bits per heavy atom. The highest BCUT2D eigenvalue weighted by atomic mass is 35.5. The summed E-state index contributed by atoms with van der Waals surface area (Å²) in [6.45, 7) is 2.69. The van der Waals surface area contributed by atoms with Gasteiger partial charge in [-0.25, -0.2) is 9.59 Å². The second kappa shape index (κ2) is 6.13. The maximum absolute atomic E-state index is 11.8. The number of aliphatic carboxylic acids is 1. The zero-order valence-electron chi connectivity index (χ0n) is 11.1. The van der Waals surface area contributed by atoms with Crippen LogP contribution in [0, 0.1) is 11.8 Å². The van der Waals surface area contributed by atoms with Crippen LogP contribution in [0.1, 0.15) is 24.9 Å². The Hall–Kier alpha value is -1.75. The van der Waals surface area contributed by atoms with E-state index >= 15 is 0 Å². The van der Waals surface area contributed by atoms with Gasteiger partial charge in [0.25, 0.3) is 0 Å². The molecule has 2 rings (SSSR count). The van der Waals surface area contributed by atoms with E-state index in [2.05, 4.69) is 17.6 Å². The lowest BCUT2D eigenvalue weighted by Gasteiger charge is -2.16. The minimum atomic E-state index is -1.15. The zero-order valence-corrected chi connectivity index (χ0v) is 11.9. The fraction of sp³-hybridized carbons (Fsp3) is 0.429. The number of hydrogen-bond donors (Lipinski definition) is 3. The predicted molar refractivity (Wildman–Crippen MR) is 75.6 cm³/mol. The normalized spacial score (nSPS) is 21.9. The number of nitrogens with one attached hydrogen (secondary N) is 2. The summed E-state index contributed by atoms with van der Waals surface area (Å²) in [6.07, 6.45) is 1.10. The molecule has 108 valence electrons. The van der Waals surface area contributed by atoms with Crippen LogP contribution >= 0.6 is 11.6 Å². The smallest absolute Gasteiger partial charge is 0.331 e. The lowest BCUT2D eigenvalue weighted by Crippen LogP contribution is -2.41. The van der Waals surface area contributed by atoms with E-state index in [4.69, 9.17) is 11.6 Å². The molecule has 0 radical (unpaired) electrons. The third-order valence-electron chi connectivity index (χ3n) is 3.54. The summed E-state index contributed by atoms with van der Waals surface area (Å²) < 4.78 is 0. The van der Waals surface area contributed by atoms with E-state index in [1.165, 1.54) is 0 Å². The van der Waals surface area contributed by atoms with E-state index in [0.717, 1.165) is 6.42 Å². The molecule has 2 unspecified atom stereocenters. The number of urea groups is 1. The van der Waals surface area contributed by atoms with Crippen molar-refractivity contribution in [3.8, 4) is 0 Å². The van der Waals surface area contributed by atoms with Gasteiger partial charge in [-0.1, -0.05) is 36.7 Å². The van der Waals surface area contributed by atoms with Crippen molar-refractivity contribution in [3.05, 3.63) is 34.9 Å². The molecule has 0 spiro atoms. The molecule has 6 heteroatoms. The Labute approximate surface area is 122 Å². The van der Waals surface area contributed by atoms with Gasteiger partial charge >= 0.3 is 12.0 Å². The van der Waals surface area contributed by atoms with Gasteiger partial charge in [-0.2, -0.15) is 0 Å². The van der Waals surface area contributed by atoms with E-state index in [1.54, 1.807) is 24.3 Å². The molecule has 0 aliphatic heterocycles. The SMILES string of the molecule is CC1CC1CNC(=O)N[C@@H](C(=O)O)c1ccccc1Cl. The number of carbonyl (C=O) groups excluding carboxylic acids is 1. The van der Waals surface area contributed by atoms with Crippen molar-refractivity contribution in [2.24, 2.45) is 11.8 Å². The van der Waals surface area contributed by atoms with Crippen LogP contribution in [0.3, 0.4) is 0 Å². The monoisotopic (exact) mass is 296 g/mol. The van der Waals surface area contributed by atoms with Crippen molar-refractivity contribution in [1.29, 1.82) is 0 Å². The minimum absolute atomic E-state index is 0.316. The van der Waals surface area contributed by atoms with Crippen LogP contribution in [0.25, 0.3) is 0 Å². The molecule has 1 fully saturated rings.